The number of benzene rings is 2. The number of amides is 1. The quantitative estimate of drug-likeness (QED) is 0.702. The number of hydrogen-bond donors (Lipinski definition) is 2. The molecule has 6 heteroatoms. The number of carboxylic acid groups (broad SMARTS) is 1. The minimum atomic E-state index is -1.24. The summed E-state index contributed by atoms with van der Waals surface area (Å²) in [6.45, 7) is 0. The number of aliphatic carboxylic acids is 1. The fourth-order valence-electron chi connectivity index (χ4n) is 2.61. The second-order valence-electron chi connectivity index (χ2n) is 5.46. The predicted molar refractivity (Wildman–Crippen MR) is 97.5 cm³/mol. The Kier molecular flexibility index (Phi) is 4.59. The second-order valence-corrected chi connectivity index (χ2v) is 5.82. The molecule has 1 heterocycles. The van der Waals surface area contributed by atoms with E-state index < -0.39 is 11.9 Å². The van der Waals surface area contributed by atoms with E-state index in [0.717, 1.165) is 10.9 Å². The van der Waals surface area contributed by atoms with Crippen LogP contribution in [-0.4, -0.2) is 21.6 Å². The van der Waals surface area contributed by atoms with Gasteiger partial charge in [0.1, 0.15) is 10.9 Å². The van der Waals surface area contributed by atoms with E-state index >= 15 is 0 Å². The number of nitrogens with zero attached hydrogens (tertiary/aromatic N) is 1. The first kappa shape index (κ1) is 16.8. The summed E-state index contributed by atoms with van der Waals surface area (Å²) >= 11 is 6.35. The van der Waals surface area contributed by atoms with E-state index in [-0.39, 0.29) is 5.70 Å². The van der Waals surface area contributed by atoms with Crippen LogP contribution in [0.2, 0.25) is 5.15 Å². The van der Waals surface area contributed by atoms with Crippen molar-refractivity contribution in [3.63, 3.8) is 0 Å². The van der Waals surface area contributed by atoms with Gasteiger partial charge >= 0.3 is 5.97 Å². The average molecular weight is 355 g/mol. The first-order chi connectivity index (χ1) is 12.0. The summed E-state index contributed by atoms with van der Waals surface area (Å²) < 4.78 is 1.77. The Morgan fingerprint density at radius 2 is 1.72 bits per heavy atom. The molecule has 0 radical (unpaired) electrons. The molecule has 126 valence electrons. The van der Waals surface area contributed by atoms with Crippen LogP contribution in [0.15, 0.2) is 60.3 Å². The van der Waals surface area contributed by atoms with Gasteiger partial charge in [-0.1, -0.05) is 48.0 Å². The molecule has 1 amide bonds. The lowest BCUT2D eigenvalue weighted by atomic mass is 10.1. The molecule has 0 saturated carbocycles. The van der Waals surface area contributed by atoms with Crippen molar-refractivity contribution in [3.8, 4) is 0 Å². The standard InChI is InChI=1S/C19H15ClN2O3/c1-22-16-10-6-5-9-13(16)14(17(22)20)11-15(19(24)25)21-18(23)12-7-3-2-4-8-12/h2-11H,1H3,(H,21,23)(H,24,25)/b15-11+. The number of para-hydroxylation sites is 1. The third-order valence-electron chi connectivity index (χ3n) is 3.88. The third-order valence-corrected chi connectivity index (χ3v) is 4.33. The van der Waals surface area contributed by atoms with E-state index in [1.807, 2.05) is 24.3 Å². The van der Waals surface area contributed by atoms with E-state index in [9.17, 15) is 14.7 Å². The number of carbonyl (C=O) groups excluding carboxylic acids is 1. The Morgan fingerprint density at radius 3 is 2.40 bits per heavy atom. The molecule has 0 spiro atoms. The Labute approximate surface area is 149 Å². The first-order valence-electron chi connectivity index (χ1n) is 7.53. The normalized spacial score (nSPS) is 11.5. The van der Waals surface area contributed by atoms with Crippen LogP contribution in [0, 0.1) is 0 Å². The third kappa shape index (κ3) is 3.27. The molecule has 0 fully saturated rings. The van der Waals surface area contributed by atoms with Crippen molar-refractivity contribution in [2.75, 3.05) is 0 Å². The summed E-state index contributed by atoms with van der Waals surface area (Å²) in [6, 6.07) is 15.9. The highest BCUT2D eigenvalue weighted by Crippen LogP contribution is 2.30. The monoisotopic (exact) mass is 354 g/mol. The number of hydrogen-bond acceptors (Lipinski definition) is 2. The number of carboxylic acids is 1. The van der Waals surface area contributed by atoms with E-state index in [0.29, 0.717) is 16.3 Å². The van der Waals surface area contributed by atoms with Crippen molar-refractivity contribution < 1.29 is 14.7 Å². The minimum absolute atomic E-state index is 0.243. The molecule has 0 bridgehead atoms. The van der Waals surface area contributed by atoms with Gasteiger partial charge in [0.25, 0.3) is 5.91 Å². The van der Waals surface area contributed by atoms with E-state index in [1.54, 1.807) is 41.9 Å². The molecule has 0 atom stereocenters. The van der Waals surface area contributed by atoms with Crippen molar-refractivity contribution in [2.45, 2.75) is 0 Å². The molecule has 0 aliphatic rings. The SMILES string of the molecule is Cn1c(Cl)c(/C=C(/NC(=O)c2ccccc2)C(=O)O)c2ccccc21. The molecule has 1 aromatic heterocycles. The van der Waals surface area contributed by atoms with Crippen LogP contribution in [0.25, 0.3) is 17.0 Å². The van der Waals surface area contributed by atoms with Gasteiger partial charge in [-0.3, -0.25) is 4.79 Å². The Balaban J connectivity index is 2.03. The molecular formula is C19H15ClN2O3. The number of carbonyl (C=O) groups is 2. The highest BCUT2D eigenvalue weighted by Gasteiger charge is 2.17. The van der Waals surface area contributed by atoms with Crippen LogP contribution in [0.3, 0.4) is 0 Å². The maximum absolute atomic E-state index is 12.3. The summed E-state index contributed by atoms with van der Waals surface area (Å²) in [6.07, 6.45) is 1.38. The summed E-state index contributed by atoms with van der Waals surface area (Å²) in [7, 11) is 1.80. The Bertz CT molecular complexity index is 991. The lowest BCUT2D eigenvalue weighted by molar-refractivity contribution is -0.132. The molecule has 0 unspecified atom stereocenters. The van der Waals surface area contributed by atoms with E-state index in [4.69, 9.17) is 11.6 Å². The topological polar surface area (TPSA) is 71.3 Å². The van der Waals surface area contributed by atoms with Crippen LogP contribution in [0.4, 0.5) is 0 Å². The zero-order valence-electron chi connectivity index (χ0n) is 13.4. The number of rotatable bonds is 4. The summed E-state index contributed by atoms with van der Waals surface area (Å²) in [5.74, 6) is -1.74. The molecular weight excluding hydrogens is 340 g/mol. The van der Waals surface area contributed by atoms with Crippen molar-refractivity contribution in [1.29, 1.82) is 0 Å². The largest absolute Gasteiger partial charge is 0.477 e. The lowest BCUT2D eigenvalue weighted by Gasteiger charge is -2.06. The van der Waals surface area contributed by atoms with Crippen LogP contribution < -0.4 is 5.32 Å². The van der Waals surface area contributed by atoms with Gasteiger partial charge in [0.2, 0.25) is 0 Å². The zero-order valence-corrected chi connectivity index (χ0v) is 14.1. The van der Waals surface area contributed by atoms with Gasteiger partial charge < -0.3 is 15.0 Å². The number of aromatic nitrogens is 1. The molecule has 2 N–H and O–H groups in total. The van der Waals surface area contributed by atoms with Crippen LogP contribution in [0.5, 0.6) is 0 Å². The Morgan fingerprint density at radius 1 is 1.08 bits per heavy atom. The molecule has 0 aliphatic heterocycles. The van der Waals surface area contributed by atoms with Crippen LogP contribution in [0.1, 0.15) is 15.9 Å². The molecule has 2 aromatic carbocycles. The molecule has 3 rings (SSSR count). The Hall–Kier alpha value is -3.05. The summed E-state index contributed by atoms with van der Waals surface area (Å²) in [5, 5.41) is 13.1. The first-order valence-corrected chi connectivity index (χ1v) is 7.91. The maximum Gasteiger partial charge on any atom is 0.352 e. The smallest absolute Gasteiger partial charge is 0.352 e. The predicted octanol–water partition coefficient (Wildman–Crippen LogP) is 3.69. The number of aryl methyl sites for hydroxylation is 1. The lowest BCUT2D eigenvalue weighted by Crippen LogP contribution is -2.27. The van der Waals surface area contributed by atoms with Crippen molar-refractivity contribution in [3.05, 3.63) is 76.6 Å². The molecule has 0 saturated heterocycles. The highest BCUT2D eigenvalue weighted by molar-refractivity contribution is 6.33. The summed E-state index contributed by atoms with van der Waals surface area (Å²) in [5.41, 5.74) is 1.55. The van der Waals surface area contributed by atoms with Crippen molar-refractivity contribution in [2.24, 2.45) is 7.05 Å². The van der Waals surface area contributed by atoms with Crippen LogP contribution in [-0.2, 0) is 11.8 Å². The fourth-order valence-corrected chi connectivity index (χ4v) is 2.86. The average Bonchev–Trinajstić information content (AvgIpc) is 2.87. The van der Waals surface area contributed by atoms with Gasteiger partial charge in [0.05, 0.1) is 0 Å². The van der Waals surface area contributed by atoms with Gasteiger partial charge in [0.15, 0.2) is 0 Å². The molecule has 25 heavy (non-hydrogen) atoms. The number of nitrogens with one attached hydrogen (secondary N) is 1. The zero-order chi connectivity index (χ0) is 18.0. The van der Waals surface area contributed by atoms with Gasteiger partial charge in [-0.15, -0.1) is 0 Å². The molecule has 0 aliphatic carbocycles. The number of fused-ring (bicyclic) bond motifs is 1. The molecule has 5 nitrogen and oxygen atoms in total. The van der Waals surface area contributed by atoms with Gasteiger partial charge in [0, 0.05) is 29.1 Å². The summed E-state index contributed by atoms with van der Waals surface area (Å²) in [4.78, 5) is 23.8. The fraction of sp³-hybridized carbons (Fsp3) is 0.0526. The highest BCUT2D eigenvalue weighted by atomic mass is 35.5. The van der Waals surface area contributed by atoms with Crippen LogP contribution >= 0.6 is 11.6 Å². The molecule has 3 aromatic rings. The second kappa shape index (κ2) is 6.83. The van der Waals surface area contributed by atoms with Gasteiger partial charge in [-0.2, -0.15) is 0 Å². The maximum atomic E-state index is 12.3. The number of halogens is 1. The minimum Gasteiger partial charge on any atom is -0.477 e. The van der Waals surface area contributed by atoms with Crippen molar-refractivity contribution in [1.82, 2.24) is 9.88 Å². The van der Waals surface area contributed by atoms with Gasteiger partial charge in [-0.25, -0.2) is 4.79 Å². The van der Waals surface area contributed by atoms with Crippen molar-refractivity contribution >= 4 is 40.5 Å². The van der Waals surface area contributed by atoms with E-state index in [1.165, 1.54) is 6.08 Å². The van der Waals surface area contributed by atoms with Gasteiger partial charge in [-0.05, 0) is 24.3 Å². The van der Waals surface area contributed by atoms with E-state index in [2.05, 4.69) is 5.32 Å².